The fourth-order valence-electron chi connectivity index (χ4n) is 4.07. The summed E-state index contributed by atoms with van der Waals surface area (Å²) in [5.41, 5.74) is 3.20. The highest BCUT2D eigenvalue weighted by molar-refractivity contribution is 7.91. The summed E-state index contributed by atoms with van der Waals surface area (Å²) in [5, 5.41) is 2.90. The van der Waals surface area contributed by atoms with Crippen LogP contribution in [0, 0.1) is 0 Å². The third-order valence-electron chi connectivity index (χ3n) is 5.66. The van der Waals surface area contributed by atoms with Crippen LogP contribution >= 0.6 is 22.9 Å². The zero-order valence-electron chi connectivity index (χ0n) is 17.5. The number of carbonyl (C=O) groups excluding carboxylic acids is 1. The first kappa shape index (κ1) is 22.1. The lowest BCUT2D eigenvalue weighted by atomic mass is 10.0. The SMILES string of the molecule is O=C(Nc1cccc(-c2nc3ccccc3[nH]2)c1)C1CCCCN1S(=O)(=O)c1ccc(Cl)s1. The smallest absolute Gasteiger partial charge is 0.253 e. The van der Waals surface area contributed by atoms with E-state index in [0.29, 0.717) is 35.2 Å². The second kappa shape index (κ2) is 8.90. The molecule has 1 atom stereocenters. The van der Waals surface area contributed by atoms with Crippen molar-refractivity contribution in [2.75, 3.05) is 11.9 Å². The van der Waals surface area contributed by atoms with Gasteiger partial charge in [0.25, 0.3) is 10.0 Å². The normalized spacial score (nSPS) is 17.3. The van der Waals surface area contributed by atoms with Crippen molar-refractivity contribution in [1.82, 2.24) is 14.3 Å². The van der Waals surface area contributed by atoms with Crippen molar-refractivity contribution in [2.24, 2.45) is 0 Å². The van der Waals surface area contributed by atoms with Gasteiger partial charge in [-0.05, 0) is 49.2 Å². The zero-order chi connectivity index (χ0) is 23.0. The van der Waals surface area contributed by atoms with Gasteiger partial charge in [-0.25, -0.2) is 13.4 Å². The number of hydrogen-bond acceptors (Lipinski definition) is 5. The number of nitrogens with zero attached hydrogens (tertiary/aromatic N) is 2. The molecule has 4 aromatic rings. The van der Waals surface area contributed by atoms with Gasteiger partial charge in [-0.3, -0.25) is 4.79 Å². The van der Waals surface area contributed by atoms with Gasteiger partial charge < -0.3 is 10.3 Å². The Morgan fingerprint density at radius 1 is 1.12 bits per heavy atom. The lowest BCUT2D eigenvalue weighted by Gasteiger charge is -2.33. The van der Waals surface area contributed by atoms with E-state index < -0.39 is 16.1 Å². The molecule has 1 fully saturated rings. The monoisotopic (exact) mass is 500 g/mol. The van der Waals surface area contributed by atoms with Gasteiger partial charge in [0.2, 0.25) is 5.91 Å². The summed E-state index contributed by atoms with van der Waals surface area (Å²) in [7, 11) is -3.80. The number of piperidine rings is 1. The maximum Gasteiger partial charge on any atom is 0.253 e. The molecule has 1 amide bonds. The lowest BCUT2D eigenvalue weighted by Crippen LogP contribution is -2.49. The van der Waals surface area contributed by atoms with Crippen molar-refractivity contribution < 1.29 is 13.2 Å². The molecule has 1 aliphatic rings. The van der Waals surface area contributed by atoms with Crippen LogP contribution in [-0.2, 0) is 14.8 Å². The van der Waals surface area contributed by atoms with Crippen LogP contribution in [0.2, 0.25) is 4.34 Å². The van der Waals surface area contributed by atoms with Crippen LogP contribution in [0.15, 0.2) is 64.9 Å². The predicted molar refractivity (Wildman–Crippen MR) is 131 cm³/mol. The average Bonchev–Trinajstić information content (AvgIpc) is 3.46. The largest absolute Gasteiger partial charge is 0.338 e. The molecule has 2 aromatic carbocycles. The summed E-state index contributed by atoms with van der Waals surface area (Å²) < 4.78 is 28.2. The number of nitrogens with one attached hydrogen (secondary N) is 2. The Kier molecular flexibility index (Phi) is 5.96. The van der Waals surface area contributed by atoms with Crippen LogP contribution in [0.1, 0.15) is 19.3 Å². The third-order valence-corrected chi connectivity index (χ3v) is 9.27. The molecule has 0 saturated carbocycles. The fraction of sp³-hybridized carbons (Fsp3) is 0.217. The van der Waals surface area contributed by atoms with Crippen LogP contribution in [-0.4, -0.2) is 41.2 Å². The Labute approximate surface area is 200 Å². The second-order valence-electron chi connectivity index (χ2n) is 7.86. The first-order valence-electron chi connectivity index (χ1n) is 10.5. The molecule has 0 bridgehead atoms. The molecule has 0 aliphatic carbocycles. The number of para-hydroxylation sites is 2. The summed E-state index contributed by atoms with van der Waals surface area (Å²) in [6.45, 7) is 0.301. The molecule has 0 spiro atoms. The van der Waals surface area contributed by atoms with Gasteiger partial charge in [0.1, 0.15) is 16.1 Å². The number of fused-ring (bicyclic) bond motifs is 1. The Morgan fingerprint density at radius 3 is 2.76 bits per heavy atom. The molecule has 1 unspecified atom stereocenters. The predicted octanol–water partition coefficient (Wildman–Crippen LogP) is 5.13. The van der Waals surface area contributed by atoms with E-state index in [0.717, 1.165) is 34.4 Å². The number of anilines is 1. The van der Waals surface area contributed by atoms with E-state index >= 15 is 0 Å². The van der Waals surface area contributed by atoms with Crippen molar-refractivity contribution in [3.8, 4) is 11.4 Å². The Hall–Kier alpha value is -2.72. The molecule has 7 nitrogen and oxygen atoms in total. The molecule has 2 N–H and O–H groups in total. The van der Waals surface area contributed by atoms with Crippen LogP contribution in [0.5, 0.6) is 0 Å². The highest BCUT2D eigenvalue weighted by atomic mass is 35.5. The van der Waals surface area contributed by atoms with Crippen LogP contribution in [0.4, 0.5) is 5.69 Å². The number of hydrogen-bond donors (Lipinski definition) is 2. The minimum Gasteiger partial charge on any atom is -0.338 e. The highest BCUT2D eigenvalue weighted by Crippen LogP contribution is 2.32. The van der Waals surface area contributed by atoms with Crippen molar-refractivity contribution in [2.45, 2.75) is 29.5 Å². The molecule has 2 aromatic heterocycles. The molecule has 170 valence electrons. The van der Waals surface area contributed by atoms with Crippen LogP contribution < -0.4 is 5.32 Å². The minimum atomic E-state index is -3.80. The number of halogens is 1. The highest BCUT2D eigenvalue weighted by Gasteiger charge is 2.38. The van der Waals surface area contributed by atoms with E-state index in [-0.39, 0.29) is 10.1 Å². The van der Waals surface area contributed by atoms with Gasteiger partial charge >= 0.3 is 0 Å². The topological polar surface area (TPSA) is 95.2 Å². The summed E-state index contributed by atoms with van der Waals surface area (Å²) in [4.78, 5) is 21.1. The van der Waals surface area contributed by atoms with Crippen molar-refractivity contribution in [3.63, 3.8) is 0 Å². The Morgan fingerprint density at radius 2 is 1.97 bits per heavy atom. The molecule has 3 heterocycles. The van der Waals surface area contributed by atoms with Crippen molar-refractivity contribution in [1.29, 1.82) is 0 Å². The number of carbonyl (C=O) groups is 1. The average molecular weight is 501 g/mol. The van der Waals surface area contributed by atoms with E-state index in [2.05, 4.69) is 15.3 Å². The zero-order valence-corrected chi connectivity index (χ0v) is 19.9. The molecular weight excluding hydrogens is 480 g/mol. The number of thiophene rings is 1. The molecular formula is C23H21ClN4O3S2. The van der Waals surface area contributed by atoms with Crippen LogP contribution in [0.3, 0.4) is 0 Å². The minimum absolute atomic E-state index is 0.152. The Bertz CT molecular complexity index is 1400. The number of imidazole rings is 1. The van der Waals surface area contributed by atoms with Gasteiger partial charge in [-0.2, -0.15) is 4.31 Å². The molecule has 33 heavy (non-hydrogen) atoms. The Balaban J connectivity index is 1.38. The van der Waals surface area contributed by atoms with E-state index in [4.69, 9.17) is 11.6 Å². The number of benzene rings is 2. The second-order valence-corrected chi connectivity index (χ2v) is 11.7. The van der Waals surface area contributed by atoms with Gasteiger partial charge in [-0.15, -0.1) is 11.3 Å². The van der Waals surface area contributed by atoms with E-state index in [1.165, 1.54) is 10.4 Å². The van der Waals surface area contributed by atoms with E-state index in [1.54, 1.807) is 12.1 Å². The quantitative estimate of drug-likeness (QED) is 0.397. The van der Waals surface area contributed by atoms with Gasteiger partial charge in [0, 0.05) is 17.8 Å². The summed E-state index contributed by atoms with van der Waals surface area (Å²) in [6.07, 6.45) is 1.96. The molecule has 1 saturated heterocycles. The molecule has 5 rings (SSSR count). The first-order chi connectivity index (χ1) is 15.9. The van der Waals surface area contributed by atoms with Gasteiger partial charge in [-0.1, -0.05) is 42.3 Å². The third kappa shape index (κ3) is 4.41. The molecule has 0 radical (unpaired) electrons. The number of H-pyrrole nitrogens is 1. The lowest BCUT2D eigenvalue weighted by molar-refractivity contribution is -0.120. The molecule has 10 heteroatoms. The number of aromatic amines is 1. The maximum atomic E-state index is 13.2. The fourth-order valence-corrected chi connectivity index (χ4v) is 7.33. The number of rotatable bonds is 5. The van der Waals surface area contributed by atoms with Crippen molar-refractivity contribution in [3.05, 3.63) is 65.0 Å². The maximum absolute atomic E-state index is 13.2. The summed E-state index contributed by atoms with van der Waals surface area (Å²) >= 11 is 6.95. The summed E-state index contributed by atoms with van der Waals surface area (Å²) in [6, 6.07) is 17.4. The van der Waals surface area contributed by atoms with Gasteiger partial charge in [0.15, 0.2) is 0 Å². The van der Waals surface area contributed by atoms with E-state index in [9.17, 15) is 13.2 Å². The first-order valence-corrected chi connectivity index (χ1v) is 13.2. The number of aromatic nitrogens is 2. The molecule has 1 aliphatic heterocycles. The summed E-state index contributed by atoms with van der Waals surface area (Å²) in [5.74, 6) is 0.353. The van der Waals surface area contributed by atoms with Crippen molar-refractivity contribution >= 4 is 55.6 Å². The number of sulfonamides is 1. The number of amides is 1. The van der Waals surface area contributed by atoms with E-state index in [1.807, 2.05) is 42.5 Å². The van der Waals surface area contributed by atoms with Gasteiger partial charge in [0.05, 0.1) is 15.4 Å². The standard InChI is InChI=1S/C23H21ClN4O3S2/c24-20-11-12-21(32-20)33(30,31)28-13-4-3-10-19(28)23(29)25-16-7-5-6-15(14-16)22-26-17-8-1-2-9-18(17)27-22/h1-2,5-9,11-12,14,19H,3-4,10,13H2,(H,25,29)(H,26,27). The van der Waals surface area contributed by atoms with Crippen LogP contribution in [0.25, 0.3) is 22.4 Å².